The van der Waals surface area contributed by atoms with E-state index in [0.717, 1.165) is 0 Å². The van der Waals surface area contributed by atoms with Gasteiger partial charge in [0.1, 0.15) is 22.1 Å². The van der Waals surface area contributed by atoms with E-state index in [9.17, 15) is 28.2 Å². The highest BCUT2D eigenvalue weighted by molar-refractivity contribution is 7.86. The summed E-state index contributed by atoms with van der Waals surface area (Å²) >= 11 is 0. The minimum absolute atomic E-state index is 0.137. The molecule has 8 nitrogen and oxygen atoms in total. The maximum atomic E-state index is 12.4. The van der Waals surface area contributed by atoms with E-state index in [1.54, 1.807) is 0 Å². The monoisotopic (exact) mass is 321 g/mol. The zero-order valence-corrected chi connectivity index (χ0v) is 11.5. The lowest BCUT2D eigenvalue weighted by molar-refractivity contribution is 0.0969. The highest BCUT2D eigenvalue weighted by atomic mass is 32.2. The fourth-order valence-electron chi connectivity index (χ4n) is 2.30. The van der Waals surface area contributed by atoms with Gasteiger partial charge >= 0.3 is 0 Å². The molecule has 0 unspecified atom stereocenters. The smallest absolute Gasteiger partial charge is 0.298 e. The van der Waals surface area contributed by atoms with E-state index in [2.05, 4.69) is 4.98 Å². The number of nitrogens with zero attached hydrogens (tertiary/aromatic N) is 1. The summed E-state index contributed by atoms with van der Waals surface area (Å²) in [4.78, 5) is 27.4. The summed E-state index contributed by atoms with van der Waals surface area (Å²) in [5.41, 5.74) is -1.59. The Bertz CT molecular complexity index is 963. The highest BCUT2D eigenvalue weighted by Gasteiger charge is 2.38. The topological polar surface area (TPSA) is 142 Å². The Labute approximate surface area is 123 Å². The zero-order valence-electron chi connectivity index (χ0n) is 10.6. The summed E-state index contributed by atoms with van der Waals surface area (Å²) in [6, 6.07) is 3.17. The van der Waals surface area contributed by atoms with Crippen LogP contribution in [0.25, 0.3) is 0 Å². The molecule has 1 aromatic heterocycles. The first-order valence-electron chi connectivity index (χ1n) is 5.84. The number of carbonyl (C=O) groups is 2. The molecule has 0 spiro atoms. The van der Waals surface area contributed by atoms with E-state index < -0.39 is 49.2 Å². The largest absolute Gasteiger partial charge is 0.507 e. The molecule has 0 bridgehead atoms. The van der Waals surface area contributed by atoms with Gasteiger partial charge in [-0.15, -0.1) is 0 Å². The number of ketones is 2. The van der Waals surface area contributed by atoms with Crippen molar-refractivity contribution in [3.8, 4) is 11.5 Å². The normalized spacial score (nSPS) is 13.7. The number of carbonyl (C=O) groups excluding carboxylic acids is 2. The third kappa shape index (κ3) is 1.80. The number of phenols is 2. The van der Waals surface area contributed by atoms with Crippen molar-refractivity contribution in [1.29, 1.82) is 0 Å². The Hall–Kier alpha value is -2.78. The molecular weight excluding hydrogens is 314 g/mol. The van der Waals surface area contributed by atoms with Crippen LogP contribution in [0.2, 0.25) is 0 Å². The first kappa shape index (κ1) is 14.2. The van der Waals surface area contributed by atoms with Crippen molar-refractivity contribution in [3.63, 3.8) is 0 Å². The van der Waals surface area contributed by atoms with Gasteiger partial charge in [-0.3, -0.25) is 19.1 Å². The lowest BCUT2D eigenvalue weighted by Crippen LogP contribution is -2.23. The summed E-state index contributed by atoms with van der Waals surface area (Å²) < 4.78 is 31.4. The zero-order chi connectivity index (χ0) is 16.2. The number of benzene rings is 1. The van der Waals surface area contributed by atoms with Crippen molar-refractivity contribution >= 4 is 21.7 Å². The number of hydrogen-bond donors (Lipinski definition) is 3. The molecule has 0 aliphatic heterocycles. The number of hydrogen-bond acceptors (Lipinski definition) is 7. The van der Waals surface area contributed by atoms with Gasteiger partial charge in [-0.1, -0.05) is 0 Å². The number of aromatic hydroxyl groups is 2. The highest BCUT2D eigenvalue weighted by Crippen LogP contribution is 2.40. The number of phenolic OH excluding ortho intramolecular Hbond substituents is 2. The van der Waals surface area contributed by atoms with E-state index in [1.807, 2.05) is 0 Å². The minimum Gasteiger partial charge on any atom is -0.507 e. The predicted molar refractivity (Wildman–Crippen MR) is 70.7 cm³/mol. The van der Waals surface area contributed by atoms with Crippen LogP contribution >= 0.6 is 0 Å². The molecule has 1 heterocycles. The van der Waals surface area contributed by atoms with Crippen LogP contribution in [0.5, 0.6) is 11.5 Å². The van der Waals surface area contributed by atoms with Gasteiger partial charge in [-0.05, 0) is 12.1 Å². The molecule has 0 fully saturated rings. The molecule has 1 aromatic carbocycles. The molecular formula is C13H7NO7S. The Morgan fingerprint density at radius 3 is 2.36 bits per heavy atom. The van der Waals surface area contributed by atoms with Gasteiger partial charge in [0.2, 0.25) is 5.78 Å². The SMILES string of the molecule is O=C1c2ncccc2C(=O)c2c(O)c(S(=O)(=O)O)cc(O)c21. The minimum atomic E-state index is -4.90. The molecule has 0 saturated heterocycles. The summed E-state index contributed by atoms with van der Waals surface area (Å²) in [7, 11) is -4.90. The average molecular weight is 321 g/mol. The standard InChI is InChI=1S/C13H7NO7S/c15-6-4-7(22(19,20)21)12(17)9-8(6)13(18)10-5(11(9)16)2-1-3-14-10/h1-4,15,17H,(H,19,20,21). The third-order valence-corrected chi connectivity index (χ3v) is 4.11. The van der Waals surface area contributed by atoms with Gasteiger partial charge in [0, 0.05) is 12.3 Å². The first-order chi connectivity index (χ1) is 10.2. The second kappa shape index (κ2) is 4.36. The molecule has 1 aliphatic carbocycles. The van der Waals surface area contributed by atoms with Crippen LogP contribution in [-0.4, -0.2) is 39.7 Å². The number of rotatable bonds is 1. The Morgan fingerprint density at radius 1 is 1.05 bits per heavy atom. The Morgan fingerprint density at radius 2 is 1.73 bits per heavy atom. The van der Waals surface area contributed by atoms with Crippen molar-refractivity contribution in [1.82, 2.24) is 4.98 Å². The van der Waals surface area contributed by atoms with Crippen molar-refractivity contribution in [2.45, 2.75) is 4.90 Å². The molecule has 112 valence electrons. The number of fused-ring (bicyclic) bond motifs is 2. The fraction of sp³-hybridized carbons (Fsp3) is 0. The van der Waals surface area contributed by atoms with E-state index in [4.69, 9.17) is 4.55 Å². The summed E-state index contributed by atoms with van der Waals surface area (Å²) in [6.45, 7) is 0. The quantitative estimate of drug-likeness (QED) is 0.435. The van der Waals surface area contributed by atoms with Gasteiger partial charge in [0.25, 0.3) is 10.1 Å². The van der Waals surface area contributed by atoms with E-state index in [0.29, 0.717) is 6.07 Å². The molecule has 0 amide bonds. The first-order valence-corrected chi connectivity index (χ1v) is 7.28. The molecule has 3 rings (SSSR count). The van der Waals surface area contributed by atoms with Crippen molar-refractivity contribution < 1.29 is 32.8 Å². The van der Waals surface area contributed by atoms with E-state index >= 15 is 0 Å². The van der Waals surface area contributed by atoms with Gasteiger partial charge in [0.05, 0.1) is 16.7 Å². The summed E-state index contributed by atoms with van der Waals surface area (Å²) in [6.07, 6.45) is 1.28. The number of aromatic nitrogens is 1. The maximum absolute atomic E-state index is 12.4. The van der Waals surface area contributed by atoms with Crippen molar-refractivity contribution in [2.24, 2.45) is 0 Å². The second-order valence-electron chi connectivity index (χ2n) is 4.53. The molecule has 0 saturated carbocycles. The van der Waals surface area contributed by atoms with Crippen LogP contribution in [0.3, 0.4) is 0 Å². The number of pyridine rings is 1. The Kier molecular flexibility index (Phi) is 2.81. The molecule has 0 atom stereocenters. The van der Waals surface area contributed by atoms with Crippen LogP contribution < -0.4 is 0 Å². The maximum Gasteiger partial charge on any atom is 0.298 e. The summed E-state index contributed by atoms with van der Waals surface area (Å²) in [5.74, 6) is -3.66. The predicted octanol–water partition coefficient (Wildman–Crippen LogP) is 0.515. The third-order valence-electron chi connectivity index (χ3n) is 3.24. The van der Waals surface area contributed by atoms with E-state index in [1.165, 1.54) is 18.3 Å². The van der Waals surface area contributed by atoms with Crippen LogP contribution in [0.4, 0.5) is 0 Å². The van der Waals surface area contributed by atoms with Crippen molar-refractivity contribution in [2.75, 3.05) is 0 Å². The molecule has 3 N–H and O–H groups in total. The second-order valence-corrected chi connectivity index (χ2v) is 5.92. The lowest BCUT2D eigenvalue weighted by Gasteiger charge is -2.19. The molecule has 0 radical (unpaired) electrons. The lowest BCUT2D eigenvalue weighted by atomic mass is 9.86. The van der Waals surface area contributed by atoms with Crippen molar-refractivity contribution in [3.05, 3.63) is 46.8 Å². The van der Waals surface area contributed by atoms with Gasteiger partial charge in [-0.2, -0.15) is 8.42 Å². The fourth-order valence-corrected chi connectivity index (χ4v) is 2.91. The van der Waals surface area contributed by atoms with Crippen LogP contribution in [0.15, 0.2) is 29.3 Å². The molecule has 1 aliphatic rings. The van der Waals surface area contributed by atoms with Gasteiger partial charge < -0.3 is 10.2 Å². The van der Waals surface area contributed by atoms with Crippen LogP contribution in [0.1, 0.15) is 32.0 Å². The van der Waals surface area contributed by atoms with Gasteiger partial charge in [0.15, 0.2) is 5.78 Å². The molecule has 22 heavy (non-hydrogen) atoms. The van der Waals surface area contributed by atoms with Gasteiger partial charge in [-0.25, -0.2) is 0 Å². The summed E-state index contributed by atoms with van der Waals surface area (Å²) in [5, 5.41) is 19.8. The van der Waals surface area contributed by atoms with Crippen LogP contribution in [0, 0.1) is 0 Å². The van der Waals surface area contributed by atoms with E-state index in [-0.39, 0.29) is 11.3 Å². The van der Waals surface area contributed by atoms with Crippen LogP contribution in [-0.2, 0) is 10.1 Å². The molecule has 9 heteroatoms. The Balaban J connectivity index is 2.44. The average Bonchev–Trinajstić information content (AvgIpc) is 2.45. The molecule has 2 aromatic rings.